The topological polar surface area (TPSA) is 51.8 Å². The number of hydrogen-bond donors (Lipinski definition) is 0. The second-order valence-corrected chi connectivity index (χ2v) is 15.0. The van der Waals surface area contributed by atoms with Crippen molar-refractivity contribution in [2.24, 2.45) is 0 Å². The summed E-state index contributed by atoms with van der Waals surface area (Å²) in [7, 11) is 0. The minimum absolute atomic E-state index is 0.302. The molecule has 3 heterocycles. The summed E-state index contributed by atoms with van der Waals surface area (Å²) in [6.07, 6.45) is 3.85. The normalized spacial score (nSPS) is 14.5. The molecule has 1 aliphatic rings. The molecule has 0 fully saturated rings. The van der Waals surface area contributed by atoms with E-state index in [1.54, 1.807) is 0 Å². The van der Waals surface area contributed by atoms with Gasteiger partial charge >= 0.3 is 0 Å². The van der Waals surface area contributed by atoms with Gasteiger partial charge in [0.05, 0.1) is 11.4 Å². The standard InChI is InChI=1S/C53H35N3O/c1-53(41-14-6-3-7-15-41)46-18-10-8-16-42(46)43-26-24-38(30-47(43)53)49-31-48(55-52(56-49)36-12-4-2-5-13-36)35-22-20-34(21-23-35)39-28-40(33-54-32-39)37-25-27-51-45(29-37)44-17-9-11-19-50(44)57-51/h2-33H,1H3. The van der Waals surface area contributed by atoms with Crippen molar-refractivity contribution in [2.45, 2.75) is 12.3 Å². The van der Waals surface area contributed by atoms with Crippen LogP contribution in [-0.4, -0.2) is 15.0 Å². The quantitative estimate of drug-likeness (QED) is 0.171. The van der Waals surface area contributed by atoms with Crippen LogP contribution in [0.3, 0.4) is 0 Å². The average Bonchev–Trinajstić information content (AvgIpc) is 3.79. The van der Waals surface area contributed by atoms with Gasteiger partial charge in [0.2, 0.25) is 0 Å². The maximum Gasteiger partial charge on any atom is 0.160 e. The third kappa shape index (κ3) is 5.49. The molecule has 0 spiro atoms. The van der Waals surface area contributed by atoms with E-state index in [0.29, 0.717) is 5.82 Å². The summed E-state index contributed by atoms with van der Waals surface area (Å²) >= 11 is 0. The Labute approximate surface area is 330 Å². The molecule has 0 saturated heterocycles. The molecule has 10 aromatic rings. The van der Waals surface area contributed by atoms with Crippen molar-refractivity contribution in [1.29, 1.82) is 0 Å². The largest absolute Gasteiger partial charge is 0.456 e. The van der Waals surface area contributed by atoms with Crippen LogP contribution in [0.15, 0.2) is 199 Å². The van der Waals surface area contributed by atoms with Gasteiger partial charge in [-0.3, -0.25) is 4.98 Å². The molecule has 0 N–H and O–H groups in total. The van der Waals surface area contributed by atoms with Gasteiger partial charge in [0.1, 0.15) is 11.2 Å². The van der Waals surface area contributed by atoms with Crippen molar-refractivity contribution >= 4 is 21.9 Å². The average molecular weight is 730 g/mol. The van der Waals surface area contributed by atoms with Crippen molar-refractivity contribution < 1.29 is 4.42 Å². The molecule has 4 heteroatoms. The van der Waals surface area contributed by atoms with E-state index in [4.69, 9.17) is 14.4 Å². The number of hydrogen-bond acceptors (Lipinski definition) is 4. The summed E-state index contributed by atoms with van der Waals surface area (Å²) < 4.78 is 6.08. The van der Waals surface area contributed by atoms with Crippen LogP contribution in [0, 0.1) is 0 Å². The first-order chi connectivity index (χ1) is 28.1. The SMILES string of the molecule is CC1(c2ccccc2)c2ccccc2-c2ccc(-c3cc(-c4ccc(-c5cncc(-c6ccc7oc8ccccc8c7c6)c5)cc4)nc(-c4ccccc4)n3)cc21. The predicted octanol–water partition coefficient (Wildman–Crippen LogP) is 13.4. The van der Waals surface area contributed by atoms with E-state index in [9.17, 15) is 0 Å². The summed E-state index contributed by atoms with van der Waals surface area (Å²) in [5, 5.41) is 2.22. The maximum atomic E-state index is 6.08. The first-order valence-corrected chi connectivity index (χ1v) is 19.3. The highest BCUT2D eigenvalue weighted by atomic mass is 16.3. The monoisotopic (exact) mass is 729 g/mol. The van der Waals surface area contributed by atoms with E-state index in [0.717, 1.165) is 72.3 Å². The summed E-state index contributed by atoms with van der Waals surface area (Å²) in [5.41, 5.74) is 17.0. The van der Waals surface area contributed by atoms with E-state index in [2.05, 4.69) is 158 Å². The van der Waals surface area contributed by atoms with Crippen LogP contribution in [-0.2, 0) is 5.41 Å². The fourth-order valence-corrected chi connectivity index (χ4v) is 8.69. The van der Waals surface area contributed by atoms with Crippen LogP contribution in [0.25, 0.3) is 89.2 Å². The van der Waals surface area contributed by atoms with E-state index < -0.39 is 0 Å². The molecule has 268 valence electrons. The molecule has 0 amide bonds. The molecule has 1 aliphatic carbocycles. The fourth-order valence-electron chi connectivity index (χ4n) is 8.69. The Morgan fingerprint density at radius 2 is 1.02 bits per heavy atom. The molecule has 0 radical (unpaired) electrons. The summed E-state index contributed by atoms with van der Waals surface area (Å²) in [5.74, 6) is 0.695. The zero-order valence-electron chi connectivity index (χ0n) is 31.2. The van der Waals surface area contributed by atoms with Crippen LogP contribution >= 0.6 is 0 Å². The number of nitrogens with zero attached hydrogens (tertiary/aromatic N) is 3. The molecule has 11 rings (SSSR count). The van der Waals surface area contributed by atoms with Crippen molar-refractivity contribution in [3.63, 3.8) is 0 Å². The molecule has 1 unspecified atom stereocenters. The van der Waals surface area contributed by atoms with E-state index in [1.165, 1.54) is 27.8 Å². The Bertz CT molecular complexity index is 3130. The lowest BCUT2D eigenvalue weighted by Crippen LogP contribution is -2.22. The molecule has 3 aromatic heterocycles. The van der Waals surface area contributed by atoms with Gasteiger partial charge in [-0.1, -0.05) is 146 Å². The molecular weight excluding hydrogens is 695 g/mol. The van der Waals surface area contributed by atoms with E-state index >= 15 is 0 Å². The third-order valence-electron chi connectivity index (χ3n) is 11.7. The van der Waals surface area contributed by atoms with Crippen molar-refractivity contribution in [1.82, 2.24) is 15.0 Å². The number of para-hydroxylation sites is 1. The van der Waals surface area contributed by atoms with Gasteiger partial charge in [0.25, 0.3) is 0 Å². The fraction of sp³-hybridized carbons (Fsp3) is 0.0377. The van der Waals surface area contributed by atoms with Crippen molar-refractivity contribution in [3.05, 3.63) is 211 Å². The molecule has 7 aromatic carbocycles. The minimum atomic E-state index is -0.302. The third-order valence-corrected chi connectivity index (χ3v) is 11.7. The van der Waals surface area contributed by atoms with E-state index in [-0.39, 0.29) is 5.41 Å². The molecular formula is C53H35N3O. The van der Waals surface area contributed by atoms with Gasteiger partial charge in [-0.2, -0.15) is 0 Å². The highest BCUT2D eigenvalue weighted by molar-refractivity contribution is 6.06. The highest BCUT2D eigenvalue weighted by Crippen LogP contribution is 2.53. The summed E-state index contributed by atoms with van der Waals surface area (Å²) in [4.78, 5) is 15.0. The first-order valence-electron chi connectivity index (χ1n) is 19.3. The lowest BCUT2D eigenvalue weighted by molar-refractivity contribution is 0.669. The van der Waals surface area contributed by atoms with Gasteiger partial charge in [-0.25, -0.2) is 9.97 Å². The van der Waals surface area contributed by atoms with Crippen LogP contribution in [0.2, 0.25) is 0 Å². The van der Waals surface area contributed by atoms with Crippen LogP contribution in [0.4, 0.5) is 0 Å². The summed E-state index contributed by atoms with van der Waals surface area (Å²) in [6, 6.07) is 64.2. The lowest BCUT2D eigenvalue weighted by atomic mass is 9.74. The zero-order chi connectivity index (χ0) is 37.9. The Hall–Kier alpha value is -7.43. The number of fused-ring (bicyclic) bond motifs is 6. The number of pyridine rings is 1. The Kier molecular flexibility index (Phi) is 7.58. The molecule has 0 aliphatic heterocycles. The Balaban J connectivity index is 0.977. The predicted molar refractivity (Wildman–Crippen MR) is 232 cm³/mol. The number of benzene rings is 7. The molecule has 4 nitrogen and oxygen atoms in total. The Morgan fingerprint density at radius 3 is 1.84 bits per heavy atom. The van der Waals surface area contributed by atoms with Gasteiger partial charge in [-0.15, -0.1) is 0 Å². The number of aromatic nitrogens is 3. The first kappa shape index (κ1) is 33.0. The molecule has 0 saturated carbocycles. The molecule has 1 atom stereocenters. The summed E-state index contributed by atoms with van der Waals surface area (Å²) in [6.45, 7) is 2.35. The molecule has 57 heavy (non-hydrogen) atoms. The second kappa shape index (κ2) is 13.1. The Morgan fingerprint density at radius 1 is 0.404 bits per heavy atom. The smallest absolute Gasteiger partial charge is 0.160 e. The lowest BCUT2D eigenvalue weighted by Gasteiger charge is -2.28. The molecule has 0 bridgehead atoms. The number of furan rings is 1. The van der Waals surface area contributed by atoms with Gasteiger partial charge in [0.15, 0.2) is 5.82 Å². The van der Waals surface area contributed by atoms with Gasteiger partial charge in [-0.05, 0) is 82.3 Å². The van der Waals surface area contributed by atoms with Crippen LogP contribution in [0.5, 0.6) is 0 Å². The van der Waals surface area contributed by atoms with Crippen molar-refractivity contribution in [2.75, 3.05) is 0 Å². The number of rotatable bonds is 6. The van der Waals surface area contributed by atoms with Crippen molar-refractivity contribution in [3.8, 4) is 67.3 Å². The van der Waals surface area contributed by atoms with Crippen LogP contribution in [0.1, 0.15) is 23.6 Å². The minimum Gasteiger partial charge on any atom is -0.456 e. The van der Waals surface area contributed by atoms with Gasteiger partial charge < -0.3 is 4.42 Å². The van der Waals surface area contributed by atoms with Crippen LogP contribution < -0.4 is 0 Å². The van der Waals surface area contributed by atoms with E-state index in [1.807, 2.05) is 48.8 Å². The second-order valence-electron chi connectivity index (χ2n) is 15.0. The van der Waals surface area contributed by atoms with Gasteiger partial charge in [0, 0.05) is 56.4 Å². The zero-order valence-corrected chi connectivity index (χ0v) is 31.2. The highest BCUT2D eigenvalue weighted by Gasteiger charge is 2.40. The maximum absolute atomic E-state index is 6.08.